The topological polar surface area (TPSA) is 38.3 Å². The van der Waals surface area contributed by atoms with Gasteiger partial charge in [0.25, 0.3) is 0 Å². The molecule has 1 N–H and O–H groups in total. The molecule has 0 unspecified atom stereocenters. The van der Waals surface area contributed by atoms with Gasteiger partial charge in [0.1, 0.15) is 11.4 Å². The fourth-order valence-electron chi connectivity index (χ4n) is 2.10. The van der Waals surface area contributed by atoms with E-state index in [4.69, 9.17) is 4.74 Å². The molecule has 1 aromatic rings. The van der Waals surface area contributed by atoms with Gasteiger partial charge in [0, 0.05) is 24.2 Å². The van der Waals surface area contributed by atoms with Gasteiger partial charge in [-0.25, -0.2) is 4.79 Å². The van der Waals surface area contributed by atoms with Crippen molar-refractivity contribution in [3.8, 4) is 5.75 Å². The zero-order chi connectivity index (χ0) is 14.8. The Hall–Kier alpha value is -0.820. The first-order chi connectivity index (χ1) is 8.66. The molecule has 5 heteroatoms. The van der Waals surface area contributed by atoms with E-state index in [9.17, 15) is 4.79 Å². The van der Waals surface area contributed by atoms with Crippen molar-refractivity contribution in [2.75, 3.05) is 28.2 Å². The van der Waals surface area contributed by atoms with Gasteiger partial charge in [-0.05, 0) is 18.9 Å². The van der Waals surface area contributed by atoms with E-state index in [-0.39, 0.29) is 24.0 Å². The largest absolute Gasteiger partial charge is 1.00 e. The molecule has 0 aliphatic carbocycles. The first-order valence-electron chi connectivity index (χ1n) is 6.53. The summed E-state index contributed by atoms with van der Waals surface area (Å²) in [5, 5.41) is 2.48. The van der Waals surface area contributed by atoms with Gasteiger partial charge in [-0.1, -0.05) is 13.8 Å². The molecule has 1 rings (SSSR count). The Morgan fingerprint density at radius 1 is 1.25 bits per heavy atom. The maximum absolute atomic E-state index is 11.4. The lowest BCUT2D eigenvalue weighted by atomic mass is 9.98. The summed E-state index contributed by atoms with van der Waals surface area (Å²) in [6.07, 6.45) is -0.431. The SMILES string of the molecule is CNC(=O)Oc1cc(C)c([N+](C)(C)C)cc1C(C)C.[I-]. The quantitative estimate of drug-likeness (QED) is 0.583. The predicted molar refractivity (Wildman–Crippen MR) is 79.9 cm³/mol. The normalized spacial score (nSPS) is 11.0. The maximum Gasteiger partial charge on any atom is 0.412 e. The van der Waals surface area contributed by atoms with Gasteiger partial charge in [-0.2, -0.15) is 0 Å². The monoisotopic (exact) mass is 392 g/mol. The number of hydrogen-bond donors (Lipinski definition) is 1. The number of halogens is 1. The van der Waals surface area contributed by atoms with Crippen LogP contribution in [0, 0.1) is 6.92 Å². The van der Waals surface area contributed by atoms with Crippen molar-refractivity contribution < 1.29 is 33.5 Å². The molecule has 0 saturated carbocycles. The van der Waals surface area contributed by atoms with Crippen LogP contribution in [-0.4, -0.2) is 34.3 Å². The highest BCUT2D eigenvalue weighted by Gasteiger charge is 2.21. The fourth-order valence-corrected chi connectivity index (χ4v) is 2.10. The van der Waals surface area contributed by atoms with Gasteiger partial charge in [-0.15, -0.1) is 0 Å². The molecule has 1 aromatic carbocycles. The lowest BCUT2D eigenvalue weighted by Gasteiger charge is -2.27. The molecule has 0 radical (unpaired) electrons. The van der Waals surface area contributed by atoms with E-state index in [0.29, 0.717) is 11.7 Å². The van der Waals surface area contributed by atoms with Crippen molar-refractivity contribution in [3.05, 3.63) is 23.3 Å². The second-order valence-electron chi connectivity index (χ2n) is 5.98. The average molecular weight is 392 g/mol. The van der Waals surface area contributed by atoms with Gasteiger partial charge >= 0.3 is 6.09 Å². The Kier molecular flexibility index (Phi) is 6.97. The molecular weight excluding hydrogens is 367 g/mol. The number of amides is 1. The maximum atomic E-state index is 11.4. The van der Waals surface area contributed by atoms with Crippen molar-refractivity contribution >= 4 is 11.8 Å². The molecule has 0 fully saturated rings. The number of benzene rings is 1. The van der Waals surface area contributed by atoms with Crippen molar-refractivity contribution in [1.82, 2.24) is 9.80 Å². The third-order valence-corrected chi connectivity index (χ3v) is 3.08. The molecule has 0 aromatic heterocycles. The van der Waals surface area contributed by atoms with Crippen LogP contribution in [0.15, 0.2) is 12.1 Å². The second kappa shape index (κ2) is 7.26. The molecule has 0 aliphatic heterocycles. The van der Waals surface area contributed by atoms with Crippen LogP contribution in [-0.2, 0) is 0 Å². The summed E-state index contributed by atoms with van der Waals surface area (Å²) in [6.45, 7) is 6.24. The van der Waals surface area contributed by atoms with E-state index in [2.05, 4.69) is 46.4 Å². The summed E-state index contributed by atoms with van der Waals surface area (Å²) in [6, 6.07) is 4.08. The molecular formula is C15H25IN2O2. The van der Waals surface area contributed by atoms with Crippen LogP contribution in [0.4, 0.5) is 10.5 Å². The molecule has 4 nitrogen and oxygen atoms in total. The molecule has 0 saturated heterocycles. The zero-order valence-electron chi connectivity index (χ0n) is 13.4. The second-order valence-corrected chi connectivity index (χ2v) is 5.98. The smallest absolute Gasteiger partial charge is 0.412 e. The van der Waals surface area contributed by atoms with Crippen LogP contribution in [0.2, 0.25) is 0 Å². The summed E-state index contributed by atoms with van der Waals surface area (Å²) in [5.41, 5.74) is 3.40. The molecule has 114 valence electrons. The van der Waals surface area contributed by atoms with E-state index in [0.717, 1.165) is 15.6 Å². The van der Waals surface area contributed by atoms with Gasteiger partial charge in [0.2, 0.25) is 0 Å². The van der Waals surface area contributed by atoms with Crippen LogP contribution in [0.1, 0.15) is 30.9 Å². The first kappa shape index (κ1) is 19.2. The number of aryl methyl sites for hydroxylation is 1. The lowest BCUT2D eigenvalue weighted by Crippen LogP contribution is -3.00. The molecule has 0 aliphatic rings. The third-order valence-electron chi connectivity index (χ3n) is 3.08. The summed E-state index contributed by atoms with van der Waals surface area (Å²) in [4.78, 5) is 11.4. The highest BCUT2D eigenvalue weighted by molar-refractivity contribution is 5.71. The van der Waals surface area contributed by atoms with E-state index in [1.807, 2.05) is 13.0 Å². The summed E-state index contributed by atoms with van der Waals surface area (Å²) < 4.78 is 6.09. The zero-order valence-corrected chi connectivity index (χ0v) is 15.5. The van der Waals surface area contributed by atoms with Crippen LogP contribution in [0.3, 0.4) is 0 Å². The molecule has 0 spiro atoms. The Morgan fingerprint density at radius 3 is 2.20 bits per heavy atom. The fraction of sp³-hybridized carbons (Fsp3) is 0.533. The number of nitrogens with zero attached hydrogens (tertiary/aromatic N) is 1. The van der Waals surface area contributed by atoms with Gasteiger partial charge in [0.15, 0.2) is 0 Å². The highest BCUT2D eigenvalue weighted by atomic mass is 127. The van der Waals surface area contributed by atoms with E-state index in [1.165, 1.54) is 5.69 Å². The molecule has 0 atom stereocenters. The van der Waals surface area contributed by atoms with Crippen molar-refractivity contribution in [1.29, 1.82) is 0 Å². The Morgan fingerprint density at radius 2 is 1.80 bits per heavy atom. The van der Waals surface area contributed by atoms with Crippen molar-refractivity contribution in [2.45, 2.75) is 26.7 Å². The van der Waals surface area contributed by atoms with Crippen LogP contribution in [0.25, 0.3) is 0 Å². The minimum atomic E-state index is -0.431. The molecule has 0 bridgehead atoms. The molecule has 20 heavy (non-hydrogen) atoms. The molecule has 1 amide bonds. The van der Waals surface area contributed by atoms with Gasteiger partial charge < -0.3 is 34.0 Å². The number of carbonyl (C=O) groups excluding carboxylic acids is 1. The number of hydrogen-bond acceptors (Lipinski definition) is 2. The number of rotatable bonds is 3. The number of carbonyl (C=O) groups is 1. The van der Waals surface area contributed by atoms with E-state index < -0.39 is 6.09 Å². The first-order valence-corrected chi connectivity index (χ1v) is 6.53. The van der Waals surface area contributed by atoms with Crippen LogP contribution in [0.5, 0.6) is 5.75 Å². The minimum Gasteiger partial charge on any atom is -1.00 e. The van der Waals surface area contributed by atoms with E-state index >= 15 is 0 Å². The summed E-state index contributed by atoms with van der Waals surface area (Å²) in [7, 11) is 7.95. The average Bonchev–Trinajstić information content (AvgIpc) is 2.26. The number of nitrogens with one attached hydrogen (secondary N) is 1. The van der Waals surface area contributed by atoms with Crippen LogP contribution < -0.4 is 38.5 Å². The van der Waals surface area contributed by atoms with Crippen molar-refractivity contribution in [3.63, 3.8) is 0 Å². The van der Waals surface area contributed by atoms with E-state index in [1.54, 1.807) is 7.05 Å². The third kappa shape index (κ3) is 4.63. The predicted octanol–water partition coefficient (Wildman–Crippen LogP) is 0.0373. The summed E-state index contributed by atoms with van der Waals surface area (Å²) in [5.74, 6) is 0.939. The standard InChI is InChI=1S/C15H24N2O2.HI/c1-10(2)12-9-13(17(5,6)7)11(3)8-14(12)19-15(18)16-4;/h8-10H,1-7H3;1H. The number of quaternary nitrogens is 1. The van der Waals surface area contributed by atoms with Gasteiger partial charge in [-0.3, -0.25) is 4.48 Å². The molecule has 0 heterocycles. The minimum absolute atomic E-state index is 0. The Balaban J connectivity index is 0.00000361. The number of ether oxygens (including phenoxy) is 1. The summed E-state index contributed by atoms with van der Waals surface area (Å²) >= 11 is 0. The van der Waals surface area contributed by atoms with Crippen molar-refractivity contribution in [2.24, 2.45) is 0 Å². The van der Waals surface area contributed by atoms with Crippen LogP contribution >= 0.6 is 0 Å². The lowest BCUT2D eigenvalue weighted by molar-refractivity contribution is -0.00000949. The Labute approximate surface area is 139 Å². The highest BCUT2D eigenvalue weighted by Crippen LogP contribution is 2.34. The Bertz CT molecular complexity index is 479. The van der Waals surface area contributed by atoms with Gasteiger partial charge in [0.05, 0.1) is 21.1 Å².